The van der Waals surface area contributed by atoms with E-state index in [4.69, 9.17) is 5.73 Å². The van der Waals surface area contributed by atoms with Crippen molar-refractivity contribution in [3.05, 3.63) is 11.4 Å². The standard InChI is InChI=1S/C13H21N5O/c1-4-5-10-16-11(14)8(2)12(17-10)15-9-6-7-18(3)13(9)19/h9H,4-7H2,1-3H3,(H3,14,15,16,17). The Morgan fingerprint density at radius 2 is 2.21 bits per heavy atom. The van der Waals surface area contributed by atoms with E-state index in [0.717, 1.165) is 37.2 Å². The first-order valence-corrected chi connectivity index (χ1v) is 6.67. The molecule has 1 unspecified atom stereocenters. The molecular formula is C13H21N5O. The van der Waals surface area contributed by atoms with Crippen molar-refractivity contribution in [2.24, 2.45) is 0 Å². The van der Waals surface area contributed by atoms with Crippen molar-refractivity contribution in [3.63, 3.8) is 0 Å². The van der Waals surface area contributed by atoms with E-state index in [9.17, 15) is 4.79 Å². The fourth-order valence-corrected chi connectivity index (χ4v) is 2.18. The van der Waals surface area contributed by atoms with Gasteiger partial charge in [-0.05, 0) is 19.8 Å². The summed E-state index contributed by atoms with van der Waals surface area (Å²) in [7, 11) is 1.81. The molecular weight excluding hydrogens is 242 g/mol. The number of aryl methyl sites for hydroxylation is 1. The van der Waals surface area contributed by atoms with Crippen LogP contribution in [0.2, 0.25) is 0 Å². The van der Waals surface area contributed by atoms with Gasteiger partial charge in [0.15, 0.2) is 0 Å². The molecule has 1 saturated heterocycles. The van der Waals surface area contributed by atoms with Crippen molar-refractivity contribution in [1.82, 2.24) is 14.9 Å². The Labute approximate surface area is 113 Å². The van der Waals surface area contributed by atoms with Gasteiger partial charge >= 0.3 is 0 Å². The first kappa shape index (κ1) is 13.6. The lowest BCUT2D eigenvalue weighted by Crippen LogP contribution is -2.31. The van der Waals surface area contributed by atoms with Gasteiger partial charge < -0.3 is 16.0 Å². The van der Waals surface area contributed by atoms with E-state index in [0.29, 0.717) is 11.6 Å². The molecule has 0 spiro atoms. The quantitative estimate of drug-likeness (QED) is 0.845. The zero-order chi connectivity index (χ0) is 14.0. The minimum Gasteiger partial charge on any atom is -0.383 e. The maximum absolute atomic E-state index is 11.9. The zero-order valence-corrected chi connectivity index (χ0v) is 11.7. The molecule has 1 aromatic heterocycles. The fraction of sp³-hybridized carbons (Fsp3) is 0.615. The number of carbonyl (C=O) groups is 1. The summed E-state index contributed by atoms with van der Waals surface area (Å²) in [5.41, 5.74) is 6.71. The Morgan fingerprint density at radius 1 is 1.47 bits per heavy atom. The minimum atomic E-state index is -0.201. The normalized spacial score (nSPS) is 19.0. The van der Waals surface area contributed by atoms with Gasteiger partial charge in [0.25, 0.3) is 0 Å². The van der Waals surface area contributed by atoms with Crippen LogP contribution >= 0.6 is 0 Å². The summed E-state index contributed by atoms with van der Waals surface area (Å²) in [5, 5.41) is 3.21. The van der Waals surface area contributed by atoms with E-state index < -0.39 is 0 Å². The molecule has 19 heavy (non-hydrogen) atoms. The van der Waals surface area contributed by atoms with Gasteiger partial charge in [0.05, 0.1) is 0 Å². The number of carbonyl (C=O) groups excluding carboxylic acids is 1. The first-order chi connectivity index (χ1) is 9.02. The maximum Gasteiger partial charge on any atom is 0.244 e. The Balaban J connectivity index is 2.22. The number of nitrogen functional groups attached to an aromatic ring is 1. The molecule has 0 aliphatic carbocycles. The molecule has 104 valence electrons. The second-order valence-electron chi connectivity index (χ2n) is 4.99. The molecule has 0 aromatic carbocycles. The predicted octanol–water partition coefficient (Wildman–Crippen LogP) is 0.962. The van der Waals surface area contributed by atoms with Crippen LogP contribution in [0.1, 0.15) is 31.2 Å². The Morgan fingerprint density at radius 3 is 2.79 bits per heavy atom. The van der Waals surface area contributed by atoms with Gasteiger partial charge in [0.1, 0.15) is 23.5 Å². The summed E-state index contributed by atoms with van der Waals surface area (Å²) in [6, 6.07) is -0.201. The van der Waals surface area contributed by atoms with Crippen LogP contribution in [0.5, 0.6) is 0 Å². The van der Waals surface area contributed by atoms with Crippen molar-refractivity contribution in [3.8, 4) is 0 Å². The molecule has 1 aromatic rings. The molecule has 0 bridgehead atoms. The lowest BCUT2D eigenvalue weighted by Gasteiger charge is -2.16. The van der Waals surface area contributed by atoms with Gasteiger partial charge in [-0.15, -0.1) is 0 Å². The summed E-state index contributed by atoms with van der Waals surface area (Å²) >= 11 is 0. The minimum absolute atomic E-state index is 0.105. The van der Waals surface area contributed by atoms with Crippen LogP contribution in [-0.4, -0.2) is 40.4 Å². The number of amides is 1. The van der Waals surface area contributed by atoms with Crippen molar-refractivity contribution in [1.29, 1.82) is 0 Å². The van der Waals surface area contributed by atoms with E-state index in [1.807, 2.05) is 14.0 Å². The average molecular weight is 263 g/mol. The van der Waals surface area contributed by atoms with Gasteiger partial charge in [-0.2, -0.15) is 0 Å². The highest BCUT2D eigenvalue weighted by Gasteiger charge is 2.29. The highest BCUT2D eigenvalue weighted by atomic mass is 16.2. The third kappa shape index (κ3) is 2.77. The van der Waals surface area contributed by atoms with Crippen molar-refractivity contribution < 1.29 is 4.79 Å². The molecule has 2 heterocycles. The molecule has 0 radical (unpaired) electrons. The second kappa shape index (κ2) is 5.42. The summed E-state index contributed by atoms with van der Waals surface area (Å²) in [6.45, 7) is 4.72. The molecule has 2 rings (SSSR count). The van der Waals surface area contributed by atoms with E-state index in [1.165, 1.54) is 0 Å². The number of likely N-dealkylation sites (tertiary alicyclic amines) is 1. The highest BCUT2D eigenvalue weighted by molar-refractivity contribution is 5.86. The summed E-state index contributed by atoms with van der Waals surface area (Å²) in [5.74, 6) is 2.00. The molecule has 1 aliphatic rings. The predicted molar refractivity (Wildman–Crippen MR) is 74.8 cm³/mol. The number of likely N-dealkylation sites (N-methyl/N-ethyl adjacent to an activating group) is 1. The molecule has 1 amide bonds. The van der Waals surface area contributed by atoms with E-state index in [1.54, 1.807) is 4.90 Å². The number of nitrogens with two attached hydrogens (primary N) is 1. The van der Waals surface area contributed by atoms with Crippen LogP contribution in [0, 0.1) is 6.92 Å². The van der Waals surface area contributed by atoms with Crippen LogP contribution in [-0.2, 0) is 11.2 Å². The highest BCUT2D eigenvalue weighted by Crippen LogP contribution is 2.21. The number of nitrogens with zero attached hydrogens (tertiary/aromatic N) is 3. The summed E-state index contributed by atoms with van der Waals surface area (Å²) in [4.78, 5) is 22.4. The first-order valence-electron chi connectivity index (χ1n) is 6.67. The van der Waals surface area contributed by atoms with E-state index in [2.05, 4.69) is 22.2 Å². The average Bonchev–Trinajstić information content (AvgIpc) is 2.67. The molecule has 1 fully saturated rings. The zero-order valence-electron chi connectivity index (χ0n) is 11.7. The lowest BCUT2D eigenvalue weighted by molar-refractivity contribution is -0.127. The molecule has 6 heteroatoms. The monoisotopic (exact) mass is 263 g/mol. The van der Waals surface area contributed by atoms with Gasteiger partial charge in [-0.3, -0.25) is 4.79 Å². The number of hydrogen-bond acceptors (Lipinski definition) is 5. The van der Waals surface area contributed by atoms with E-state index in [-0.39, 0.29) is 11.9 Å². The Bertz CT molecular complexity index is 488. The van der Waals surface area contributed by atoms with Crippen LogP contribution < -0.4 is 11.1 Å². The number of nitrogens with one attached hydrogen (secondary N) is 1. The largest absolute Gasteiger partial charge is 0.383 e. The lowest BCUT2D eigenvalue weighted by atomic mass is 10.2. The Hall–Kier alpha value is -1.85. The van der Waals surface area contributed by atoms with Crippen LogP contribution in [0.4, 0.5) is 11.6 Å². The molecule has 1 aliphatic heterocycles. The molecule has 0 saturated carbocycles. The molecule has 1 atom stereocenters. The van der Waals surface area contributed by atoms with Gasteiger partial charge in [-0.1, -0.05) is 6.92 Å². The van der Waals surface area contributed by atoms with Crippen molar-refractivity contribution in [2.45, 2.75) is 39.2 Å². The summed E-state index contributed by atoms with van der Waals surface area (Å²) < 4.78 is 0. The smallest absolute Gasteiger partial charge is 0.244 e. The second-order valence-corrected chi connectivity index (χ2v) is 4.99. The van der Waals surface area contributed by atoms with Crippen molar-refractivity contribution in [2.75, 3.05) is 24.6 Å². The summed E-state index contributed by atoms with van der Waals surface area (Å²) in [6.07, 6.45) is 2.55. The van der Waals surface area contributed by atoms with Crippen molar-refractivity contribution >= 4 is 17.5 Å². The van der Waals surface area contributed by atoms with Crippen LogP contribution in [0.3, 0.4) is 0 Å². The number of aromatic nitrogens is 2. The maximum atomic E-state index is 11.9. The van der Waals surface area contributed by atoms with Gasteiger partial charge in [0.2, 0.25) is 5.91 Å². The van der Waals surface area contributed by atoms with Crippen LogP contribution in [0.15, 0.2) is 0 Å². The number of rotatable bonds is 4. The van der Waals surface area contributed by atoms with E-state index >= 15 is 0 Å². The third-order valence-electron chi connectivity index (χ3n) is 3.44. The van der Waals surface area contributed by atoms with Gasteiger partial charge in [0, 0.05) is 25.6 Å². The molecule has 3 N–H and O–H groups in total. The fourth-order valence-electron chi connectivity index (χ4n) is 2.18. The van der Waals surface area contributed by atoms with Gasteiger partial charge in [-0.25, -0.2) is 9.97 Å². The number of hydrogen-bond donors (Lipinski definition) is 2. The Kier molecular flexibility index (Phi) is 3.87. The third-order valence-corrected chi connectivity index (χ3v) is 3.44. The molecule has 6 nitrogen and oxygen atoms in total. The topological polar surface area (TPSA) is 84.1 Å². The number of anilines is 2. The van der Waals surface area contributed by atoms with Crippen LogP contribution in [0.25, 0.3) is 0 Å². The SMILES string of the molecule is CCCc1nc(N)c(C)c(NC2CCN(C)C2=O)n1.